The van der Waals surface area contributed by atoms with Crippen molar-refractivity contribution in [3.63, 3.8) is 0 Å². The Balaban J connectivity index is 1.65. The van der Waals surface area contributed by atoms with Crippen LogP contribution in [0.15, 0.2) is 18.2 Å². The molecule has 156 valence electrons. The van der Waals surface area contributed by atoms with Crippen LogP contribution in [0.5, 0.6) is 17.2 Å². The van der Waals surface area contributed by atoms with E-state index in [4.69, 9.17) is 18.9 Å². The molecule has 28 heavy (non-hydrogen) atoms. The van der Waals surface area contributed by atoms with Crippen molar-refractivity contribution in [1.29, 1.82) is 0 Å². The molecule has 0 saturated carbocycles. The van der Waals surface area contributed by atoms with Crippen LogP contribution in [-0.2, 0) is 4.74 Å². The second-order valence-electron chi connectivity index (χ2n) is 6.26. The average molecular weight is 395 g/mol. The highest BCUT2D eigenvalue weighted by Gasteiger charge is 2.24. The van der Waals surface area contributed by atoms with Crippen LogP contribution in [0.1, 0.15) is 19.8 Å². The standard InChI is InChI=1S/C19H29N3O6/c1-4-27-19(24)22-8-5-14(6-9-22)21-18(23)20-7-10-28-17-12-15(25-2)11-16(13-17)26-3/h11-14H,4-10H2,1-3H3,(H2,20,21,23). The van der Waals surface area contributed by atoms with Crippen molar-refractivity contribution in [3.05, 3.63) is 18.2 Å². The molecule has 1 aliphatic rings. The van der Waals surface area contributed by atoms with E-state index in [9.17, 15) is 9.59 Å². The number of carbonyl (C=O) groups excluding carboxylic acids is 2. The monoisotopic (exact) mass is 395 g/mol. The molecule has 0 unspecified atom stereocenters. The molecule has 9 heteroatoms. The molecule has 0 aliphatic carbocycles. The Morgan fingerprint density at radius 1 is 1.07 bits per heavy atom. The Labute approximate surface area is 165 Å². The molecule has 1 saturated heterocycles. The van der Waals surface area contributed by atoms with Crippen molar-refractivity contribution in [2.75, 3.05) is 47.1 Å². The van der Waals surface area contributed by atoms with Gasteiger partial charge in [0.15, 0.2) is 0 Å². The van der Waals surface area contributed by atoms with Crippen molar-refractivity contribution < 1.29 is 28.5 Å². The van der Waals surface area contributed by atoms with Crippen molar-refractivity contribution >= 4 is 12.1 Å². The first-order valence-electron chi connectivity index (χ1n) is 9.37. The number of nitrogens with one attached hydrogen (secondary N) is 2. The average Bonchev–Trinajstić information content (AvgIpc) is 2.71. The Morgan fingerprint density at radius 3 is 2.25 bits per heavy atom. The van der Waals surface area contributed by atoms with Gasteiger partial charge in [0.05, 0.1) is 27.4 Å². The van der Waals surface area contributed by atoms with Crippen LogP contribution in [0.2, 0.25) is 0 Å². The minimum Gasteiger partial charge on any atom is -0.496 e. The SMILES string of the molecule is CCOC(=O)N1CCC(NC(=O)NCCOc2cc(OC)cc(OC)c2)CC1. The van der Waals surface area contributed by atoms with Gasteiger partial charge in [-0.2, -0.15) is 0 Å². The van der Waals surface area contributed by atoms with Gasteiger partial charge in [-0.15, -0.1) is 0 Å². The number of ether oxygens (including phenoxy) is 4. The summed E-state index contributed by atoms with van der Waals surface area (Å²) in [5, 5.41) is 5.69. The maximum absolute atomic E-state index is 12.0. The molecular weight excluding hydrogens is 366 g/mol. The fourth-order valence-corrected chi connectivity index (χ4v) is 2.86. The van der Waals surface area contributed by atoms with Gasteiger partial charge in [0.1, 0.15) is 23.9 Å². The first-order valence-corrected chi connectivity index (χ1v) is 9.37. The lowest BCUT2D eigenvalue weighted by molar-refractivity contribution is 0.0957. The molecule has 2 rings (SSSR count). The van der Waals surface area contributed by atoms with Gasteiger partial charge in [0.25, 0.3) is 0 Å². The summed E-state index contributed by atoms with van der Waals surface area (Å²) in [6.07, 6.45) is 1.11. The van der Waals surface area contributed by atoms with Gasteiger partial charge in [-0.25, -0.2) is 9.59 Å². The Kier molecular flexibility index (Phi) is 8.51. The lowest BCUT2D eigenvalue weighted by Gasteiger charge is -2.31. The van der Waals surface area contributed by atoms with Crippen LogP contribution in [0.3, 0.4) is 0 Å². The summed E-state index contributed by atoms with van der Waals surface area (Å²) < 4.78 is 21.0. The third-order valence-electron chi connectivity index (χ3n) is 4.34. The molecule has 1 aromatic carbocycles. The zero-order valence-corrected chi connectivity index (χ0v) is 16.7. The van der Waals surface area contributed by atoms with Gasteiger partial charge in [0.2, 0.25) is 0 Å². The molecule has 0 aromatic heterocycles. The zero-order valence-electron chi connectivity index (χ0n) is 16.7. The number of methoxy groups -OCH3 is 2. The van der Waals surface area contributed by atoms with E-state index >= 15 is 0 Å². The minimum atomic E-state index is -0.295. The highest BCUT2D eigenvalue weighted by Crippen LogP contribution is 2.27. The largest absolute Gasteiger partial charge is 0.496 e. The number of nitrogens with zero attached hydrogens (tertiary/aromatic N) is 1. The number of hydrogen-bond acceptors (Lipinski definition) is 6. The second-order valence-corrected chi connectivity index (χ2v) is 6.26. The molecular formula is C19H29N3O6. The van der Waals surface area contributed by atoms with E-state index in [1.165, 1.54) is 0 Å². The van der Waals surface area contributed by atoms with Gasteiger partial charge in [-0.3, -0.25) is 0 Å². The summed E-state index contributed by atoms with van der Waals surface area (Å²) in [6, 6.07) is 5.04. The number of rotatable bonds is 8. The topological polar surface area (TPSA) is 98.4 Å². The van der Waals surface area contributed by atoms with Crippen molar-refractivity contribution in [1.82, 2.24) is 15.5 Å². The van der Waals surface area contributed by atoms with E-state index in [0.717, 1.165) is 0 Å². The van der Waals surface area contributed by atoms with Gasteiger partial charge in [0, 0.05) is 37.3 Å². The highest BCUT2D eigenvalue weighted by molar-refractivity contribution is 5.74. The molecule has 0 spiro atoms. The van der Waals surface area contributed by atoms with E-state index in [1.54, 1.807) is 44.2 Å². The van der Waals surface area contributed by atoms with Crippen LogP contribution >= 0.6 is 0 Å². The van der Waals surface area contributed by atoms with Crippen LogP contribution < -0.4 is 24.8 Å². The summed E-state index contributed by atoms with van der Waals surface area (Å²) in [7, 11) is 3.14. The normalized spacial score (nSPS) is 14.2. The molecule has 3 amide bonds. The smallest absolute Gasteiger partial charge is 0.409 e. The molecule has 1 heterocycles. The van der Waals surface area contributed by atoms with Crippen molar-refractivity contribution in [2.45, 2.75) is 25.8 Å². The number of likely N-dealkylation sites (tertiary alicyclic amines) is 1. The maximum Gasteiger partial charge on any atom is 0.409 e. The number of amides is 3. The number of piperidine rings is 1. The van der Waals surface area contributed by atoms with Crippen molar-refractivity contribution in [3.8, 4) is 17.2 Å². The van der Waals surface area contributed by atoms with E-state index < -0.39 is 0 Å². The number of hydrogen-bond donors (Lipinski definition) is 2. The molecule has 9 nitrogen and oxygen atoms in total. The Morgan fingerprint density at radius 2 is 1.68 bits per heavy atom. The lowest BCUT2D eigenvalue weighted by atomic mass is 10.1. The maximum atomic E-state index is 12.0. The summed E-state index contributed by atoms with van der Waals surface area (Å²) in [5.41, 5.74) is 0. The van der Waals surface area contributed by atoms with Gasteiger partial charge in [-0.1, -0.05) is 0 Å². The van der Waals surface area contributed by atoms with E-state index in [-0.39, 0.29) is 18.2 Å². The number of benzene rings is 1. The Hall–Kier alpha value is -2.84. The summed E-state index contributed by atoms with van der Waals surface area (Å²) >= 11 is 0. The molecule has 1 aromatic rings. The first kappa shape index (κ1) is 21.5. The number of urea groups is 1. The van der Waals surface area contributed by atoms with E-state index in [2.05, 4.69) is 10.6 Å². The Bertz CT molecular complexity index is 624. The molecule has 2 N–H and O–H groups in total. The van der Waals surface area contributed by atoms with E-state index in [1.807, 2.05) is 0 Å². The fourth-order valence-electron chi connectivity index (χ4n) is 2.86. The molecule has 0 atom stereocenters. The third kappa shape index (κ3) is 6.71. The van der Waals surface area contributed by atoms with Crippen molar-refractivity contribution in [2.24, 2.45) is 0 Å². The lowest BCUT2D eigenvalue weighted by Crippen LogP contribution is -2.49. The quantitative estimate of drug-likeness (QED) is 0.654. The predicted molar refractivity (Wildman–Crippen MR) is 103 cm³/mol. The van der Waals surface area contributed by atoms with Crippen LogP contribution in [0, 0.1) is 0 Å². The predicted octanol–water partition coefficient (Wildman–Crippen LogP) is 2.00. The highest BCUT2D eigenvalue weighted by atomic mass is 16.6. The number of carbonyl (C=O) groups is 2. The molecule has 0 bridgehead atoms. The van der Waals surface area contributed by atoms with Crippen LogP contribution in [-0.4, -0.2) is 70.1 Å². The zero-order chi connectivity index (χ0) is 20.4. The van der Waals surface area contributed by atoms with Gasteiger partial charge in [-0.05, 0) is 19.8 Å². The summed E-state index contributed by atoms with van der Waals surface area (Å²) in [6.45, 7) is 3.96. The minimum absolute atomic E-state index is 0.0363. The van der Waals surface area contributed by atoms with Gasteiger partial charge >= 0.3 is 12.1 Å². The molecule has 1 fully saturated rings. The van der Waals surface area contributed by atoms with Gasteiger partial charge < -0.3 is 34.5 Å². The van der Waals surface area contributed by atoms with Crippen LogP contribution in [0.4, 0.5) is 9.59 Å². The third-order valence-corrected chi connectivity index (χ3v) is 4.34. The fraction of sp³-hybridized carbons (Fsp3) is 0.579. The molecule has 0 radical (unpaired) electrons. The second kappa shape index (κ2) is 11.1. The molecule has 1 aliphatic heterocycles. The van der Waals surface area contributed by atoms with E-state index in [0.29, 0.717) is 62.9 Å². The summed E-state index contributed by atoms with van der Waals surface area (Å²) in [5.74, 6) is 1.87. The first-order chi connectivity index (χ1) is 13.5. The van der Waals surface area contributed by atoms with Crippen LogP contribution in [0.25, 0.3) is 0 Å². The summed E-state index contributed by atoms with van der Waals surface area (Å²) in [4.78, 5) is 25.4.